The molecule has 1 heterocycles. The molecule has 1 aromatic rings. The summed E-state index contributed by atoms with van der Waals surface area (Å²) in [5, 5.41) is 9.87. The average Bonchev–Trinajstić information content (AvgIpc) is 2.68. The maximum absolute atomic E-state index is 12.5. The molecule has 1 aliphatic heterocycles. The van der Waals surface area contributed by atoms with Gasteiger partial charge in [-0.15, -0.1) is 0 Å². The molecule has 0 radical (unpaired) electrons. The molecule has 33 heavy (non-hydrogen) atoms. The number of allylic oxidation sites excluding steroid dienone is 4. The number of hydrogen-bond donors (Lipinski definition) is 1. The van der Waals surface area contributed by atoms with Gasteiger partial charge >= 0.3 is 0 Å². The van der Waals surface area contributed by atoms with Gasteiger partial charge in [0.15, 0.2) is 11.6 Å². The Morgan fingerprint density at radius 1 is 1.18 bits per heavy atom. The van der Waals surface area contributed by atoms with Gasteiger partial charge in [0.2, 0.25) is 0 Å². The summed E-state index contributed by atoms with van der Waals surface area (Å²) in [6.07, 6.45) is 10.2. The summed E-state index contributed by atoms with van der Waals surface area (Å²) in [4.78, 5) is 24.8. The van der Waals surface area contributed by atoms with Crippen LogP contribution in [0.15, 0.2) is 47.6 Å². The van der Waals surface area contributed by atoms with Crippen LogP contribution in [0.3, 0.4) is 0 Å². The van der Waals surface area contributed by atoms with Crippen molar-refractivity contribution in [1.82, 2.24) is 0 Å². The fraction of sp³-hybridized carbons (Fsp3) is 0.500. The number of carbonyl (C=O) groups excluding carboxylic acids is 2. The van der Waals surface area contributed by atoms with Crippen molar-refractivity contribution in [3.05, 3.63) is 58.7 Å². The number of carbonyl (C=O) groups is 2. The highest BCUT2D eigenvalue weighted by Crippen LogP contribution is 2.32. The Kier molecular flexibility index (Phi) is 8.84. The highest BCUT2D eigenvalue weighted by molar-refractivity contribution is 5.97. The van der Waals surface area contributed by atoms with E-state index in [1.807, 2.05) is 47.6 Å². The molecule has 0 aromatic heterocycles. The van der Waals surface area contributed by atoms with Gasteiger partial charge in [0.05, 0.1) is 12.7 Å². The molecule has 1 N–H and O–H groups in total. The standard InChI is InChI=1S/C28H38O5/c1-19(9-8-13-28(6)25(31)12-14-27(4,5)33-28)15-23(29)16-20(2)10-11-22-18-24(30)17-21(3)26(22)32-7/h10,12,14-15,17-18,30H,8-9,11,13,16H2,1-7H3. The van der Waals surface area contributed by atoms with E-state index in [2.05, 4.69) is 0 Å². The number of rotatable bonds is 10. The van der Waals surface area contributed by atoms with Crippen LogP contribution in [0.25, 0.3) is 0 Å². The van der Waals surface area contributed by atoms with Gasteiger partial charge < -0.3 is 14.6 Å². The first-order valence-electron chi connectivity index (χ1n) is 11.5. The van der Waals surface area contributed by atoms with Crippen molar-refractivity contribution >= 4 is 11.6 Å². The van der Waals surface area contributed by atoms with E-state index in [0.717, 1.165) is 40.9 Å². The molecule has 0 saturated heterocycles. The molecule has 1 aromatic carbocycles. The normalized spacial score (nSPS) is 20.8. The minimum atomic E-state index is -0.812. The molecule has 5 nitrogen and oxygen atoms in total. The van der Waals surface area contributed by atoms with Gasteiger partial charge in [-0.05, 0) is 103 Å². The topological polar surface area (TPSA) is 72.8 Å². The van der Waals surface area contributed by atoms with Crippen LogP contribution in [-0.4, -0.2) is 35.0 Å². The highest BCUT2D eigenvalue weighted by atomic mass is 16.5. The maximum atomic E-state index is 12.5. The molecule has 1 atom stereocenters. The lowest BCUT2D eigenvalue weighted by Crippen LogP contribution is -2.47. The van der Waals surface area contributed by atoms with E-state index in [4.69, 9.17) is 9.47 Å². The van der Waals surface area contributed by atoms with E-state index in [-0.39, 0.29) is 17.3 Å². The van der Waals surface area contributed by atoms with Crippen LogP contribution in [0, 0.1) is 6.92 Å². The number of hydrogen-bond acceptors (Lipinski definition) is 5. The van der Waals surface area contributed by atoms with Gasteiger partial charge in [-0.1, -0.05) is 17.2 Å². The second-order valence-electron chi connectivity index (χ2n) is 9.83. The van der Waals surface area contributed by atoms with Crippen molar-refractivity contribution in [2.45, 2.75) is 84.8 Å². The quantitative estimate of drug-likeness (QED) is 0.348. The monoisotopic (exact) mass is 454 g/mol. The highest BCUT2D eigenvalue weighted by Gasteiger charge is 2.40. The maximum Gasteiger partial charge on any atom is 0.186 e. The fourth-order valence-electron chi connectivity index (χ4n) is 4.30. The Hall–Kier alpha value is -2.66. The Morgan fingerprint density at radius 2 is 1.88 bits per heavy atom. The molecule has 0 aliphatic carbocycles. The molecule has 1 unspecified atom stereocenters. The molecule has 0 amide bonds. The van der Waals surface area contributed by atoms with Crippen LogP contribution in [0.4, 0.5) is 0 Å². The first kappa shape index (κ1) is 26.6. The van der Waals surface area contributed by atoms with Crippen LogP contribution in [-0.2, 0) is 20.7 Å². The summed E-state index contributed by atoms with van der Waals surface area (Å²) < 4.78 is 11.5. The first-order chi connectivity index (χ1) is 15.3. The minimum Gasteiger partial charge on any atom is -0.508 e. The van der Waals surface area contributed by atoms with Crippen molar-refractivity contribution in [1.29, 1.82) is 0 Å². The van der Waals surface area contributed by atoms with Crippen molar-refractivity contribution in [2.24, 2.45) is 0 Å². The predicted octanol–water partition coefficient (Wildman–Crippen LogP) is 5.97. The number of aromatic hydroxyl groups is 1. The van der Waals surface area contributed by atoms with E-state index in [1.54, 1.807) is 37.5 Å². The fourth-order valence-corrected chi connectivity index (χ4v) is 4.30. The van der Waals surface area contributed by atoms with Crippen LogP contribution >= 0.6 is 0 Å². The lowest BCUT2D eigenvalue weighted by molar-refractivity contribution is -0.157. The Morgan fingerprint density at radius 3 is 2.55 bits per heavy atom. The molecule has 2 rings (SSSR count). The summed E-state index contributed by atoms with van der Waals surface area (Å²) >= 11 is 0. The van der Waals surface area contributed by atoms with Gasteiger partial charge in [-0.3, -0.25) is 9.59 Å². The number of benzene rings is 1. The summed E-state index contributed by atoms with van der Waals surface area (Å²) in [6, 6.07) is 3.36. The van der Waals surface area contributed by atoms with E-state index >= 15 is 0 Å². The van der Waals surface area contributed by atoms with Gasteiger partial charge in [-0.25, -0.2) is 0 Å². The zero-order valence-corrected chi connectivity index (χ0v) is 21.1. The van der Waals surface area contributed by atoms with Crippen molar-refractivity contribution in [2.75, 3.05) is 7.11 Å². The largest absolute Gasteiger partial charge is 0.508 e. The summed E-state index contributed by atoms with van der Waals surface area (Å²) in [5.74, 6) is 1.02. The molecular formula is C28H38O5. The number of ether oxygens (including phenoxy) is 2. The second-order valence-corrected chi connectivity index (χ2v) is 9.83. The third kappa shape index (κ3) is 7.71. The zero-order chi connectivity index (χ0) is 24.8. The third-order valence-corrected chi connectivity index (χ3v) is 5.94. The lowest BCUT2D eigenvalue weighted by Gasteiger charge is -2.38. The van der Waals surface area contributed by atoms with E-state index < -0.39 is 11.2 Å². The SMILES string of the molecule is COc1c(C)cc(O)cc1CC=C(C)CC(=O)C=C(C)CCCC1(C)OC(C)(C)C=CC1=O. The number of ketones is 2. The molecule has 1 aliphatic rings. The van der Waals surface area contributed by atoms with Crippen LogP contribution in [0.2, 0.25) is 0 Å². The average molecular weight is 455 g/mol. The number of methoxy groups -OCH3 is 1. The summed E-state index contributed by atoms with van der Waals surface area (Å²) in [7, 11) is 1.62. The molecule has 0 saturated carbocycles. The molecular weight excluding hydrogens is 416 g/mol. The molecule has 180 valence electrons. The van der Waals surface area contributed by atoms with E-state index in [0.29, 0.717) is 19.3 Å². The smallest absolute Gasteiger partial charge is 0.186 e. The van der Waals surface area contributed by atoms with Crippen LogP contribution < -0.4 is 4.74 Å². The molecule has 5 heteroatoms. The number of aryl methyl sites for hydroxylation is 1. The van der Waals surface area contributed by atoms with E-state index in [9.17, 15) is 14.7 Å². The number of phenolic OH excluding ortho intramolecular Hbond substituents is 1. The minimum absolute atomic E-state index is 0.00106. The van der Waals surface area contributed by atoms with Crippen molar-refractivity contribution < 1.29 is 24.2 Å². The predicted molar refractivity (Wildman–Crippen MR) is 132 cm³/mol. The van der Waals surface area contributed by atoms with E-state index in [1.165, 1.54) is 0 Å². The van der Waals surface area contributed by atoms with Gasteiger partial charge in [0.1, 0.15) is 17.1 Å². The zero-order valence-electron chi connectivity index (χ0n) is 21.1. The lowest BCUT2D eigenvalue weighted by atomic mass is 9.87. The third-order valence-electron chi connectivity index (χ3n) is 5.94. The van der Waals surface area contributed by atoms with Crippen LogP contribution in [0.1, 0.15) is 71.4 Å². The first-order valence-corrected chi connectivity index (χ1v) is 11.5. The Bertz CT molecular complexity index is 980. The van der Waals surface area contributed by atoms with Crippen molar-refractivity contribution in [3.8, 4) is 11.5 Å². The van der Waals surface area contributed by atoms with Gasteiger partial charge in [0.25, 0.3) is 0 Å². The van der Waals surface area contributed by atoms with Gasteiger partial charge in [0, 0.05) is 12.0 Å². The van der Waals surface area contributed by atoms with Crippen LogP contribution in [0.5, 0.6) is 11.5 Å². The summed E-state index contributed by atoms with van der Waals surface area (Å²) in [5.41, 5.74) is 2.47. The Labute approximate surface area is 198 Å². The molecule has 0 bridgehead atoms. The second kappa shape index (κ2) is 11.0. The number of phenols is 1. The molecule has 0 spiro atoms. The van der Waals surface area contributed by atoms with Crippen molar-refractivity contribution in [3.63, 3.8) is 0 Å². The van der Waals surface area contributed by atoms with Gasteiger partial charge in [-0.2, -0.15) is 0 Å². The molecule has 0 fully saturated rings. The summed E-state index contributed by atoms with van der Waals surface area (Å²) in [6.45, 7) is 11.5. The Balaban J connectivity index is 1.89.